The first kappa shape index (κ1) is 12.5. The van der Waals surface area contributed by atoms with Gasteiger partial charge in [-0.2, -0.15) is 0 Å². The lowest BCUT2D eigenvalue weighted by atomic mass is 10.2. The first-order valence-corrected chi connectivity index (χ1v) is 5.37. The van der Waals surface area contributed by atoms with Crippen molar-refractivity contribution >= 4 is 6.09 Å². The zero-order chi connectivity index (χ0) is 11.8. The van der Waals surface area contributed by atoms with E-state index in [0.717, 1.165) is 6.42 Å². The number of carbonyl (C=O) groups is 1. The Morgan fingerprint density at radius 1 is 1.44 bits per heavy atom. The van der Waals surface area contributed by atoms with Crippen LogP contribution in [-0.2, 0) is 0 Å². The standard InChI is InChI=1S/C12H17NO3/c1-10(14)6-5-9-13-12(15)16-11-7-3-2-4-8-11/h2-4,7-8,10,14H,5-6,9H2,1H3,(H,13,15). The summed E-state index contributed by atoms with van der Waals surface area (Å²) in [4.78, 5) is 11.3. The highest BCUT2D eigenvalue weighted by Gasteiger charge is 2.02. The molecule has 4 heteroatoms. The zero-order valence-electron chi connectivity index (χ0n) is 9.35. The molecule has 4 nitrogen and oxygen atoms in total. The fourth-order valence-corrected chi connectivity index (χ4v) is 1.22. The Morgan fingerprint density at radius 2 is 2.12 bits per heavy atom. The van der Waals surface area contributed by atoms with Crippen molar-refractivity contribution in [3.8, 4) is 5.75 Å². The van der Waals surface area contributed by atoms with Gasteiger partial charge < -0.3 is 15.2 Å². The van der Waals surface area contributed by atoms with Crippen LogP contribution in [-0.4, -0.2) is 23.8 Å². The van der Waals surface area contributed by atoms with Gasteiger partial charge in [0.2, 0.25) is 0 Å². The third-order valence-electron chi connectivity index (χ3n) is 2.02. The molecule has 0 saturated carbocycles. The Hall–Kier alpha value is -1.55. The summed E-state index contributed by atoms with van der Waals surface area (Å²) in [6.07, 6.45) is 0.622. The molecule has 88 valence electrons. The van der Waals surface area contributed by atoms with Crippen LogP contribution in [0.1, 0.15) is 19.8 Å². The first-order chi connectivity index (χ1) is 7.68. The van der Waals surface area contributed by atoms with Crippen LogP contribution in [0.4, 0.5) is 4.79 Å². The van der Waals surface area contributed by atoms with Crippen molar-refractivity contribution in [3.63, 3.8) is 0 Å². The van der Waals surface area contributed by atoms with Crippen molar-refractivity contribution in [2.24, 2.45) is 0 Å². The maximum Gasteiger partial charge on any atom is 0.412 e. The molecule has 0 saturated heterocycles. The van der Waals surface area contributed by atoms with Gasteiger partial charge in [-0.25, -0.2) is 4.79 Å². The van der Waals surface area contributed by atoms with Gasteiger partial charge in [-0.1, -0.05) is 18.2 Å². The van der Waals surface area contributed by atoms with Crippen molar-refractivity contribution in [3.05, 3.63) is 30.3 Å². The Labute approximate surface area is 95.2 Å². The Morgan fingerprint density at radius 3 is 2.75 bits per heavy atom. The van der Waals surface area contributed by atoms with E-state index in [1.165, 1.54) is 0 Å². The molecule has 1 aromatic rings. The van der Waals surface area contributed by atoms with Crippen molar-refractivity contribution in [1.29, 1.82) is 0 Å². The fourth-order valence-electron chi connectivity index (χ4n) is 1.22. The highest BCUT2D eigenvalue weighted by atomic mass is 16.5. The van der Waals surface area contributed by atoms with E-state index >= 15 is 0 Å². The number of ether oxygens (including phenoxy) is 1. The van der Waals surface area contributed by atoms with E-state index in [1.54, 1.807) is 31.2 Å². The highest BCUT2D eigenvalue weighted by molar-refractivity contribution is 5.70. The summed E-state index contributed by atoms with van der Waals surface area (Å²) in [6.45, 7) is 2.23. The molecule has 2 N–H and O–H groups in total. The molecule has 0 bridgehead atoms. The minimum absolute atomic E-state index is 0.327. The van der Waals surface area contributed by atoms with Gasteiger partial charge in [0, 0.05) is 6.54 Å². The molecule has 1 unspecified atom stereocenters. The number of para-hydroxylation sites is 1. The van der Waals surface area contributed by atoms with E-state index in [4.69, 9.17) is 9.84 Å². The van der Waals surface area contributed by atoms with Crippen LogP contribution < -0.4 is 10.1 Å². The number of aliphatic hydroxyl groups is 1. The molecule has 0 aliphatic heterocycles. The van der Waals surface area contributed by atoms with E-state index in [0.29, 0.717) is 18.7 Å². The van der Waals surface area contributed by atoms with E-state index < -0.39 is 6.09 Å². The third kappa shape index (κ3) is 5.36. The van der Waals surface area contributed by atoms with Crippen LogP contribution in [0, 0.1) is 0 Å². The fraction of sp³-hybridized carbons (Fsp3) is 0.417. The normalized spacial score (nSPS) is 11.9. The quantitative estimate of drug-likeness (QED) is 0.750. The maximum absolute atomic E-state index is 11.3. The molecule has 0 aliphatic rings. The monoisotopic (exact) mass is 223 g/mol. The number of amides is 1. The molecular weight excluding hydrogens is 206 g/mol. The van der Waals surface area contributed by atoms with E-state index in [-0.39, 0.29) is 6.10 Å². The number of hydrogen-bond donors (Lipinski definition) is 2. The van der Waals surface area contributed by atoms with Crippen molar-refractivity contribution in [2.45, 2.75) is 25.9 Å². The largest absolute Gasteiger partial charge is 0.412 e. The summed E-state index contributed by atoms with van der Waals surface area (Å²) >= 11 is 0. The van der Waals surface area contributed by atoms with Gasteiger partial charge in [0.05, 0.1) is 6.10 Å². The predicted octanol–water partition coefficient (Wildman–Crippen LogP) is 1.94. The summed E-state index contributed by atoms with van der Waals surface area (Å²) in [5.41, 5.74) is 0. The average molecular weight is 223 g/mol. The lowest BCUT2D eigenvalue weighted by Gasteiger charge is -2.07. The topological polar surface area (TPSA) is 58.6 Å². The lowest BCUT2D eigenvalue weighted by molar-refractivity contribution is 0.178. The van der Waals surface area contributed by atoms with Gasteiger partial charge in [0.25, 0.3) is 0 Å². The summed E-state index contributed by atoms with van der Waals surface area (Å²) in [6, 6.07) is 8.89. The Bertz CT molecular complexity index is 311. The number of nitrogens with one attached hydrogen (secondary N) is 1. The number of benzene rings is 1. The molecule has 0 fully saturated rings. The second-order valence-electron chi connectivity index (χ2n) is 3.62. The molecular formula is C12H17NO3. The van der Waals surface area contributed by atoms with Gasteiger partial charge in [-0.15, -0.1) is 0 Å². The van der Waals surface area contributed by atoms with E-state index in [2.05, 4.69) is 5.32 Å². The van der Waals surface area contributed by atoms with Gasteiger partial charge in [-0.3, -0.25) is 0 Å². The molecule has 0 radical (unpaired) electrons. The van der Waals surface area contributed by atoms with Crippen molar-refractivity contribution < 1.29 is 14.6 Å². The molecule has 0 heterocycles. The molecule has 1 amide bonds. The van der Waals surface area contributed by atoms with Gasteiger partial charge in [0.1, 0.15) is 5.75 Å². The van der Waals surface area contributed by atoms with Crippen LogP contribution in [0.2, 0.25) is 0 Å². The molecule has 1 rings (SSSR count). The summed E-state index contributed by atoms with van der Waals surface area (Å²) in [7, 11) is 0. The second-order valence-corrected chi connectivity index (χ2v) is 3.62. The molecule has 1 aromatic carbocycles. The minimum Gasteiger partial charge on any atom is -0.410 e. The third-order valence-corrected chi connectivity index (χ3v) is 2.02. The average Bonchev–Trinajstić information content (AvgIpc) is 2.25. The first-order valence-electron chi connectivity index (χ1n) is 5.37. The molecule has 0 aromatic heterocycles. The molecule has 1 atom stereocenters. The van der Waals surface area contributed by atoms with Gasteiger partial charge >= 0.3 is 6.09 Å². The Kier molecular flexibility index (Phi) is 5.36. The van der Waals surface area contributed by atoms with Gasteiger partial charge in [-0.05, 0) is 31.9 Å². The summed E-state index contributed by atoms with van der Waals surface area (Å²) in [5, 5.41) is 11.6. The number of hydrogen-bond acceptors (Lipinski definition) is 3. The molecule has 16 heavy (non-hydrogen) atoms. The van der Waals surface area contributed by atoms with Crippen LogP contribution in [0.25, 0.3) is 0 Å². The number of aliphatic hydroxyl groups excluding tert-OH is 1. The summed E-state index contributed by atoms with van der Waals surface area (Å²) < 4.78 is 5.01. The highest BCUT2D eigenvalue weighted by Crippen LogP contribution is 2.07. The SMILES string of the molecule is CC(O)CCCNC(=O)Oc1ccccc1. The van der Waals surface area contributed by atoms with Crippen molar-refractivity contribution in [1.82, 2.24) is 5.32 Å². The number of carbonyl (C=O) groups excluding carboxylic acids is 1. The van der Waals surface area contributed by atoms with Crippen molar-refractivity contribution in [2.75, 3.05) is 6.54 Å². The van der Waals surface area contributed by atoms with E-state index in [1.807, 2.05) is 6.07 Å². The smallest absolute Gasteiger partial charge is 0.410 e. The Balaban J connectivity index is 2.17. The predicted molar refractivity (Wildman–Crippen MR) is 61.4 cm³/mol. The van der Waals surface area contributed by atoms with Crippen LogP contribution in [0.15, 0.2) is 30.3 Å². The lowest BCUT2D eigenvalue weighted by Crippen LogP contribution is -2.28. The molecule has 0 aliphatic carbocycles. The molecule has 0 spiro atoms. The van der Waals surface area contributed by atoms with Crippen LogP contribution in [0.3, 0.4) is 0 Å². The van der Waals surface area contributed by atoms with Gasteiger partial charge in [0.15, 0.2) is 0 Å². The van der Waals surface area contributed by atoms with Crippen LogP contribution >= 0.6 is 0 Å². The zero-order valence-corrected chi connectivity index (χ0v) is 9.35. The van der Waals surface area contributed by atoms with E-state index in [9.17, 15) is 4.79 Å². The maximum atomic E-state index is 11.3. The summed E-state index contributed by atoms with van der Waals surface area (Å²) in [5.74, 6) is 0.524. The number of rotatable bonds is 5. The second kappa shape index (κ2) is 6.85. The minimum atomic E-state index is -0.461. The van der Waals surface area contributed by atoms with Crippen LogP contribution in [0.5, 0.6) is 5.75 Å².